The average Bonchev–Trinajstić information content (AvgIpc) is 2.26. The summed E-state index contributed by atoms with van der Waals surface area (Å²) in [6.45, 7) is 5.29. The summed E-state index contributed by atoms with van der Waals surface area (Å²) in [6, 6.07) is 0. The van der Waals surface area contributed by atoms with Gasteiger partial charge in [0.15, 0.2) is 0 Å². The second-order valence-corrected chi connectivity index (χ2v) is 5.41. The van der Waals surface area contributed by atoms with Crippen LogP contribution < -0.4 is 11.3 Å². The zero-order valence-corrected chi connectivity index (χ0v) is 10.4. The fraction of sp³-hybridized carbons (Fsp3) is 0.917. The Morgan fingerprint density at radius 2 is 2.06 bits per heavy atom. The molecule has 0 aliphatic heterocycles. The molecule has 16 heavy (non-hydrogen) atoms. The van der Waals surface area contributed by atoms with Crippen molar-refractivity contribution in [2.75, 3.05) is 6.61 Å². The third kappa shape index (κ3) is 4.94. The molecule has 0 spiro atoms. The lowest BCUT2D eigenvalue weighted by Crippen LogP contribution is -2.30. The van der Waals surface area contributed by atoms with Gasteiger partial charge in [0, 0.05) is 13.0 Å². The lowest BCUT2D eigenvalue weighted by atomic mass is 9.76. The Labute approximate surface area is 97.9 Å². The highest BCUT2D eigenvalue weighted by Crippen LogP contribution is 2.36. The maximum Gasteiger partial charge on any atom is 0.233 e. The zero-order valence-electron chi connectivity index (χ0n) is 10.4. The Kier molecular flexibility index (Phi) is 5.22. The molecule has 94 valence electrons. The van der Waals surface area contributed by atoms with Gasteiger partial charge in [0.25, 0.3) is 0 Å². The van der Waals surface area contributed by atoms with E-state index in [1.807, 2.05) is 0 Å². The molecule has 1 aliphatic rings. The number of ether oxygens (including phenoxy) is 1. The summed E-state index contributed by atoms with van der Waals surface area (Å²) in [4.78, 5) is 10.9. The average molecular weight is 228 g/mol. The van der Waals surface area contributed by atoms with E-state index in [0.717, 1.165) is 19.3 Å². The van der Waals surface area contributed by atoms with E-state index in [0.29, 0.717) is 24.5 Å². The molecular weight excluding hydrogens is 204 g/mol. The van der Waals surface area contributed by atoms with E-state index < -0.39 is 0 Å². The quantitative estimate of drug-likeness (QED) is 0.326. The smallest absolute Gasteiger partial charge is 0.233 e. The van der Waals surface area contributed by atoms with E-state index >= 15 is 0 Å². The van der Waals surface area contributed by atoms with Gasteiger partial charge < -0.3 is 4.74 Å². The van der Waals surface area contributed by atoms with Crippen molar-refractivity contribution < 1.29 is 9.53 Å². The monoisotopic (exact) mass is 228 g/mol. The number of hydrogen-bond acceptors (Lipinski definition) is 3. The Morgan fingerprint density at radius 1 is 1.44 bits per heavy atom. The molecule has 4 nitrogen and oxygen atoms in total. The van der Waals surface area contributed by atoms with Crippen molar-refractivity contribution in [2.24, 2.45) is 11.3 Å². The minimum absolute atomic E-state index is 0.117. The standard InChI is InChI=1S/C12H24N2O2/c1-12(2)7-5-10(6-8-12)16-9-3-4-11(15)14-13/h10H,3-9,13H2,1-2H3,(H,14,15). The Hall–Kier alpha value is -0.610. The second kappa shape index (κ2) is 6.21. The highest BCUT2D eigenvalue weighted by atomic mass is 16.5. The number of nitrogens with one attached hydrogen (secondary N) is 1. The number of carbonyl (C=O) groups is 1. The number of hydrogen-bond donors (Lipinski definition) is 2. The van der Waals surface area contributed by atoms with Gasteiger partial charge in [-0.15, -0.1) is 0 Å². The molecule has 1 rings (SSSR count). The third-order valence-electron chi connectivity index (χ3n) is 3.35. The molecule has 3 N–H and O–H groups in total. The molecule has 0 heterocycles. The maximum atomic E-state index is 10.9. The van der Waals surface area contributed by atoms with Crippen LogP contribution in [0.2, 0.25) is 0 Å². The zero-order chi connectivity index (χ0) is 12.0. The van der Waals surface area contributed by atoms with Crippen LogP contribution in [0.15, 0.2) is 0 Å². The van der Waals surface area contributed by atoms with Crippen molar-refractivity contribution >= 4 is 5.91 Å². The van der Waals surface area contributed by atoms with Crippen molar-refractivity contribution in [1.29, 1.82) is 0 Å². The topological polar surface area (TPSA) is 64.3 Å². The molecule has 0 aromatic carbocycles. The van der Waals surface area contributed by atoms with Crippen molar-refractivity contribution in [1.82, 2.24) is 5.43 Å². The fourth-order valence-electron chi connectivity index (χ4n) is 2.09. The van der Waals surface area contributed by atoms with Gasteiger partial charge in [-0.3, -0.25) is 10.2 Å². The molecule has 4 heteroatoms. The highest BCUT2D eigenvalue weighted by molar-refractivity contribution is 5.75. The predicted molar refractivity (Wildman–Crippen MR) is 63.6 cm³/mol. The number of nitrogens with two attached hydrogens (primary N) is 1. The van der Waals surface area contributed by atoms with E-state index in [4.69, 9.17) is 10.6 Å². The summed E-state index contributed by atoms with van der Waals surface area (Å²) >= 11 is 0. The first-order valence-electron chi connectivity index (χ1n) is 6.14. The van der Waals surface area contributed by atoms with Gasteiger partial charge in [0.2, 0.25) is 5.91 Å². The van der Waals surface area contributed by atoms with Crippen LogP contribution in [0.1, 0.15) is 52.4 Å². The summed E-state index contributed by atoms with van der Waals surface area (Å²) in [5.41, 5.74) is 2.61. The van der Waals surface area contributed by atoms with Gasteiger partial charge in [-0.1, -0.05) is 13.8 Å². The van der Waals surface area contributed by atoms with E-state index in [-0.39, 0.29) is 5.91 Å². The Bertz CT molecular complexity index is 219. The van der Waals surface area contributed by atoms with Crippen LogP contribution in [0.5, 0.6) is 0 Å². The van der Waals surface area contributed by atoms with Gasteiger partial charge in [-0.25, -0.2) is 5.84 Å². The van der Waals surface area contributed by atoms with E-state index in [2.05, 4.69) is 19.3 Å². The molecule has 0 aromatic rings. The molecule has 0 aromatic heterocycles. The Balaban J connectivity index is 2.04. The van der Waals surface area contributed by atoms with Crippen molar-refractivity contribution in [3.8, 4) is 0 Å². The minimum atomic E-state index is -0.117. The lowest BCUT2D eigenvalue weighted by molar-refractivity contribution is -0.121. The molecule has 1 amide bonds. The van der Waals surface area contributed by atoms with Gasteiger partial charge >= 0.3 is 0 Å². The van der Waals surface area contributed by atoms with Crippen LogP contribution in [-0.2, 0) is 9.53 Å². The van der Waals surface area contributed by atoms with Gasteiger partial charge in [0.05, 0.1) is 6.10 Å². The van der Waals surface area contributed by atoms with Crippen LogP contribution in [0, 0.1) is 5.41 Å². The van der Waals surface area contributed by atoms with E-state index in [1.54, 1.807) is 0 Å². The van der Waals surface area contributed by atoms with Crippen molar-refractivity contribution in [2.45, 2.75) is 58.5 Å². The SMILES string of the molecule is CC1(C)CCC(OCCCC(=O)NN)CC1. The molecule has 0 atom stereocenters. The lowest BCUT2D eigenvalue weighted by Gasteiger charge is -2.34. The highest BCUT2D eigenvalue weighted by Gasteiger charge is 2.26. The Morgan fingerprint density at radius 3 is 2.62 bits per heavy atom. The van der Waals surface area contributed by atoms with E-state index in [1.165, 1.54) is 12.8 Å². The first kappa shape index (κ1) is 13.5. The predicted octanol–water partition coefficient (Wildman–Crippen LogP) is 1.74. The summed E-state index contributed by atoms with van der Waals surface area (Å²) in [5, 5.41) is 0. The van der Waals surface area contributed by atoms with Crippen molar-refractivity contribution in [3.05, 3.63) is 0 Å². The van der Waals surface area contributed by atoms with Crippen LogP contribution in [-0.4, -0.2) is 18.6 Å². The molecule has 1 saturated carbocycles. The summed E-state index contributed by atoms with van der Waals surface area (Å²) in [6.07, 6.45) is 6.38. The van der Waals surface area contributed by atoms with Gasteiger partial charge in [-0.2, -0.15) is 0 Å². The first-order valence-corrected chi connectivity index (χ1v) is 6.14. The van der Waals surface area contributed by atoms with Crippen LogP contribution in [0.4, 0.5) is 0 Å². The maximum absolute atomic E-state index is 10.9. The molecule has 1 fully saturated rings. The molecular formula is C12H24N2O2. The van der Waals surface area contributed by atoms with Gasteiger partial charge in [0.1, 0.15) is 0 Å². The first-order chi connectivity index (χ1) is 7.53. The fourth-order valence-corrected chi connectivity index (χ4v) is 2.09. The van der Waals surface area contributed by atoms with Crippen LogP contribution in [0.3, 0.4) is 0 Å². The van der Waals surface area contributed by atoms with Crippen LogP contribution in [0.25, 0.3) is 0 Å². The van der Waals surface area contributed by atoms with E-state index in [9.17, 15) is 4.79 Å². The molecule has 1 aliphatic carbocycles. The third-order valence-corrected chi connectivity index (χ3v) is 3.35. The molecule has 0 bridgehead atoms. The summed E-state index contributed by atoms with van der Waals surface area (Å²) < 4.78 is 5.75. The number of carbonyl (C=O) groups excluding carboxylic acids is 1. The summed E-state index contributed by atoms with van der Waals surface area (Å²) in [7, 11) is 0. The minimum Gasteiger partial charge on any atom is -0.378 e. The van der Waals surface area contributed by atoms with Crippen LogP contribution >= 0.6 is 0 Å². The number of amides is 1. The summed E-state index contributed by atoms with van der Waals surface area (Å²) in [5.74, 6) is 4.87. The molecule has 0 saturated heterocycles. The number of rotatable bonds is 5. The molecule has 0 radical (unpaired) electrons. The second-order valence-electron chi connectivity index (χ2n) is 5.41. The van der Waals surface area contributed by atoms with Gasteiger partial charge in [-0.05, 0) is 37.5 Å². The number of hydrazine groups is 1. The largest absolute Gasteiger partial charge is 0.378 e. The van der Waals surface area contributed by atoms with Crippen molar-refractivity contribution in [3.63, 3.8) is 0 Å². The molecule has 0 unspecified atom stereocenters. The normalized spacial score (nSPS) is 20.7.